The highest BCUT2D eigenvalue weighted by Gasteiger charge is 2.42. The van der Waals surface area contributed by atoms with Crippen LogP contribution in [-0.2, 0) is 18.4 Å². The van der Waals surface area contributed by atoms with Gasteiger partial charge in [-0.05, 0) is 54.7 Å². The molecule has 7 heterocycles. The molecule has 11 nitrogen and oxygen atoms in total. The van der Waals surface area contributed by atoms with Gasteiger partial charge in [0.1, 0.15) is 28.3 Å². The molecule has 13 heteroatoms. The van der Waals surface area contributed by atoms with Crippen molar-refractivity contribution in [1.29, 1.82) is 0 Å². The molecule has 1 aromatic carbocycles. The first kappa shape index (κ1) is 32.1. The number of hydrogen-bond acceptors (Lipinski definition) is 7. The van der Waals surface area contributed by atoms with Gasteiger partial charge in [-0.25, -0.2) is 14.4 Å². The van der Waals surface area contributed by atoms with Crippen molar-refractivity contribution in [1.82, 2.24) is 33.3 Å². The maximum Gasteiger partial charge on any atom is 0.266 e. The Morgan fingerprint density at radius 2 is 1.80 bits per heavy atom. The van der Waals surface area contributed by atoms with Crippen molar-refractivity contribution in [3.05, 3.63) is 112 Å². The summed E-state index contributed by atoms with van der Waals surface area (Å²) in [5.74, 6) is -1.62. The molecule has 2 fully saturated rings. The summed E-state index contributed by atoms with van der Waals surface area (Å²) in [7, 11) is 1.83. The summed E-state index contributed by atoms with van der Waals surface area (Å²) >= 11 is 1.13. The zero-order valence-electron chi connectivity index (χ0n) is 27.5. The molecule has 2 aliphatic rings. The Morgan fingerprint density at radius 3 is 2.60 bits per heavy atom. The van der Waals surface area contributed by atoms with E-state index in [-0.39, 0.29) is 47.2 Å². The zero-order valence-corrected chi connectivity index (χ0v) is 28.3. The first-order valence-corrected chi connectivity index (χ1v) is 17.6. The second kappa shape index (κ2) is 12.6. The van der Waals surface area contributed by atoms with Crippen LogP contribution >= 0.6 is 11.3 Å². The van der Waals surface area contributed by atoms with Crippen molar-refractivity contribution in [3.8, 4) is 10.4 Å². The number of thiophene rings is 1. The molecule has 0 radical (unpaired) electrons. The van der Waals surface area contributed by atoms with Gasteiger partial charge in [-0.2, -0.15) is 0 Å². The topological polar surface area (TPSA) is 118 Å². The van der Waals surface area contributed by atoms with Gasteiger partial charge < -0.3 is 23.9 Å². The number of piperidine rings is 2. The van der Waals surface area contributed by atoms with Crippen LogP contribution in [0.4, 0.5) is 4.39 Å². The molecule has 0 saturated carbocycles. The van der Waals surface area contributed by atoms with E-state index in [0.717, 1.165) is 28.1 Å². The van der Waals surface area contributed by atoms with E-state index < -0.39 is 11.4 Å². The number of carbonyl (C=O) groups is 2. The van der Waals surface area contributed by atoms with Crippen LogP contribution in [0.3, 0.4) is 0 Å². The van der Waals surface area contributed by atoms with Crippen LogP contribution in [0.15, 0.2) is 90.5 Å². The summed E-state index contributed by atoms with van der Waals surface area (Å²) in [6, 6.07) is 16.6. The monoisotopic (exact) mass is 693 g/mol. The fourth-order valence-corrected chi connectivity index (χ4v) is 8.48. The zero-order chi connectivity index (χ0) is 34.6. The Balaban J connectivity index is 0.971. The molecule has 0 spiro atoms. The summed E-state index contributed by atoms with van der Waals surface area (Å²) in [6.07, 6.45) is 9.71. The number of rotatable bonds is 6. The maximum atomic E-state index is 15.4. The Morgan fingerprint density at radius 1 is 1.00 bits per heavy atom. The van der Waals surface area contributed by atoms with Crippen molar-refractivity contribution in [2.24, 2.45) is 13.0 Å². The van der Waals surface area contributed by atoms with Gasteiger partial charge in [-0.3, -0.25) is 19.0 Å². The Labute approximate surface area is 290 Å². The van der Waals surface area contributed by atoms with E-state index in [1.165, 1.54) is 17.0 Å². The third kappa shape index (κ3) is 5.79. The van der Waals surface area contributed by atoms with Gasteiger partial charge >= 0.3 is 0 Å². The number of benzene rings is 1. The molecule has 2 amide bonds. The van der Waals surface area contributed by atoms with Crippen LogP contribution in [0.25, 0.3) is 27.1 Å². The average molecular weight is 694 g/mol. The van der Waals surface area contributed by atoms with E-state index in [9.17, 15) is 19.5 Å². The number of nitrogens with zero attached hydrogens (tertiary/aromatic N) is 7. The summed E-state index contributed by atoms with van der Waals surface area (Å²) < 4.78 is 20.5. The molecule has 0 bridgehead atoms. The number of imidazole rings is 1. The van der Waals surface area contributed by atoms with E-state index >= 15 is 4.39 Å². The number of aryl methyl sites for hydroxylation is 1. The molecule has 6 aromatic rings. The number of aliphatic hydroxyl groups is 1. The molecule has 1 N–H and O–H groups in total. The van der Waals surface area contributed by atoms with Gasteiger partial charge in [-0.1, -0.05) is 30.3 Å². The van der Waals surface area contributed by atoms with Gasteiger partial charge in [0.05, 0.1) is 17.5 Å². The van der Waals surface area contributed by atoms with Crippen LogP contribution in [0.2, 0.25) is 0 Å². The second-order valence-electron chi connectivity index (χ2n) is 13.5. The molecule has 0 aliphatic carbocycles. The number of likely N-dealkylation sites (tertiary alicyclic amines) is 2. The number of amides is 2. The van der Waals surface area contributed by atoms with Crippen LogP contribution in [-0.4, -0.2) is 82.0 Å². The van der Waals surface area contributed by atoms with Gasteiger partial charge in [0, 0.05) is 74.7 Å². The molecular weight excluding hydrogens is 658 g/mol. The lowest BCUT2D eigenvalue weighted by Gasteiger charge is -2.43. The fraction of sp³-hybridized carbons (Fsp3) is 0.324. The summed E-state index contributed by atoms with van der Waals surface area (Å²) in [5, 5.41) is 12.0. The van der Waals surface area contributed by atoms with Crippen LogP contribution in [0.5, 0.6) is 0 Å². The number of fused-ring (bicyclic) bond motifs is 2. The normalized spacial score (nSPS) is 19.3. The van der Waals surface area contributed by atoms with Crippen LogP contribution in [0.1, 0.15) is 40.4 Å². The minimum absolute atomic E-state index is 0.0171. The van der Waals surface area contributed by atoms with Gasteiger partial charge in [-0.15, -0.1) is 11.3 Å². The quantitative estimate of drug-likeness (QED) is 0.274. The number of carbonyl (C=O) groups excluding carboxylic acids is 2. The van der Waals surface area contributed by atoms with Crippen molar-refractivity contribution in [3.63, 3.8) is 0 Å². The summed E-state index contributed by atoms with van der Waals surface area (Å²) in [5.41, 5.74) is 1.69. The third-order valence-electron chi connectivity index (χ3n) is 10.3. The average Bonchev–Trinajstić information content (AvgIpc) is 3.87. The molecule has 256 valence electrons. The Kier molecular flexibility index (Phi) is 8.11. The molecule has 2 saturated heterocycles. The maximum absolute atomic E-state index is 15.4. The van der Waals surface area contributed by atoms with Crippen molar-refractivity contribution in [2.45, 2.75) is 37.3 Å². The third-order valence-corrected chi connectivity index (χ3v) is 11.5. The fourth-order valence-electron chi connectivity index (χ4n) is 7.48. The summed E-state index contributed by atoms with van der Waals surface area (Å²) in [4.78, 5) is 53.9. The Hall–Kier alpha value is -5.14. The Bertz CT molecular complexity index is 2290. The lowest BCUT2D eigenvalue weighted by atomic mass is 9.79. The second-order valence-corrected chi connectivity index (χ2v) is 14.5. The molecule has 50 heavy (non-hydrogen) atoms. The van der Waals surface area contributed by atoms with Crippen molar-refractivity contribution >= 4 is 39.8 Å². The highest BCUT2D eigenvalue weighted by atomic mass is 32.1. The van der Waals surface area contributed by atoms with Crippen molar-refractivity contribution < 1.29 is 19.1 Å². The predicted molar refractivity (Wildman–Crippen MR) is 187 cm³/mol. The van der Waals surface area contributed by atoms with Crippen LogP contribution < -0.4 is 5.56 Å². The van der Waals surface area contributed by atoms with Gasteiger partial charge in [0.2, 0.25) is 5.91 Å². The van der Waals surface area contributed by atoms with E-state index in [1.54, 1.807) is 32.8 Å². The smallest absolute Gasteiger partial charge is 0.266 e. The van der Waals surface area contributed by atoms with Gasteiger partial charge in [0.15, 0.2) is 0 Å². The first-order chi connectivity index (χ1) is 24.2. The van der Waals surface area contributed by atoms with E-state index in [2.05, 4.69) is 9.97 Å². The molecular formula is C37H36FN7O4S. The molecule has 8 rings (SSSR count). The minimum atomic E-state index is -1.16. The molecule has 2 aliphatic heterocycles. The van der Waals surface area contributed by atoms with E-state index in [1.807, 2.05) is 66.3 Å². The standard InChI is InChI=1S/C37H36FN7O4S/c1-41-13-8-27-33(41)40-23-45(35(27)47)22-37(49)10-16-43(17-11-37)34(46)26-9-15-44(21-28(26)24-5-3-2-4-6-24)36(48)32-29(38)20-30(50-32)25-7-14-42-18-12-39-31(42)19-25/h2-8,12-14,18-20,23,26,28,49H,9-11,15-17,21-22H2,1H3/t26-,28+/m1/s1. The lowest BCUT2D eigenvalue weighted by molar-refractivity contribution is -0.142. The van der Waals surface area contributed by atoms with Crippen LogP contribution in [0, 0.1) is 11.7 Å². The first-order valence-electron chi connectivity index (χ1n) is 16.8. The number of aromatic nitrogens is 5. The molecule has 0 unspecified atom stereocenters. The lowest BCUT2D eigenvalue weighted by Crippen LogP contribution is -2.53. The largest absolute Gasteiger partial charge is 0.388 e. The summed E-state index contributed by atoms with van der Waals surface area (Å²) in [6.45, 7) is 1.39. The number of hydrogen-bond donors (Lipinski definition) is 1. The molecule has 5 aromatic heterocycles. The predicted octanol–water partition coefficient (Wildman–Crippen LogP) is 4.55. The van der Waals surface area contributed by atoms with Gasteiger partial charge in [0.25, 0.3) is 11.5 Å². The minimum Gasteiger partial charge on any atom is -0.388 e. The highest BCUT2D eigenvalue weighted by Crippen LogP contribution is 2.38. The number of halogens is 1. The van der Waals surface area contributed by atoms with E-state index in [0.29, 0.717) is 54.8 Å². The molecule has 2 atom stereocenters. The SMILES string of the molecule is Cn1ccc2c(=O)n(CC3(O)CCN(C(=O)[C@@H]4CCN(C(=O)c5sc(-c6ccn7ccnc7c6)cc5F)C[C@H]4c4ccccc4)CC3)cnc21. The number of pyridine rings is 1. The van der Waals surface area contributed by atoms with E-state index in [4.69, 9.17) is 0 Å². The van der Waals surface area contributed by atoms with Crippen molar-refractivity contribution in [2.75, 3.05) is 26.2 Å². The highest BCUT2D eigenvalue weighted by molar-refractivity contribution is 7.17.